The minimum Gasteiger partial charge on any atom is -0.493 e. The number of hydrogen-bond donors (Lipinski definition) is 0. The fraction of sp³-hybridized carbons (Fsp3) is 0.545. The highest BCUT2D eigenvalue weighted by atomic mass is 28.3. The average molecular weight is 659 g/mol. The van der Waals surface area contributed by atoms with E-state index < -0.39 is 48.4 Å². The molecule has 0 atom stereocenters. The van der Waals surface area contributed by atoms with E-state index in [9.17, 15) is 9.59 Å². The Balaban J connectivity index is 1.59. The number of anilines is 1. The first-order valence-electron chi connectivity index (χ1n) is 15.5. The molecule has 3 aromatic rings. The van der Waals surface area contributed by atoms with E-state index in [1.165, 1.54) is 14.2 Å². The zero-order valence-electron chi connectivity index (χ0n) is 28.0. The Bertz CT molecular complexity index is 1610. The Kier molecular flexibility index (Phi) is 9.13. The Morgan fingerprint density at radius 2 is 1.70 bits per heavy atom. The van der Waals surface area contributed by atoms with Gasteiger partial charge >= 0.3 is 6.09 Å². The highest BCUT2D eigenvalue weighted by Gasteiger charge is 2.52. The van der Waals surface area contributed by atoms with Crippen LogP contribution >= 0.6 is 0 Å². The maximum Gasteiger partial charge on any atom is 0.410 e. The minimum atomic E-state index is -1.27. The molecule has 2 aliphatic rings. The molecule has 2 aromatic heterocycles. The predicted molar refractivity (Wildman–Crippen MR) is 173 cm³/mol. The summed E-state index contributed by atoms with van der Waals surface area (Å²) in [5.74, 6) is -2.98. The van der Waals surface area contributed by atoms with Crippen LogP contribution in [-0.4, -0.2) is 74.0 Å². The number of likely N-dealkylation sites (tertiary alicyclic amines) is 1. The van der Waals surface area contributed by atoms with E-state index in [4.69, 9.17) is 23.9 Å². The third-order valence-corrected chi connectivity index (χ3v) is 10.3. The fourth-order valence-electron chi connectivity index (χ4n) is 6.27. The number of hydrogen-bond acceptors (Lipinski definition) is 7. The topological polar surface area (TPSA) is 95.4 Å². The molecule has 0 N–H and O–H groups in total. The highest BCUT2D eigenvalue weighted by Crippen LogP contribution is 2.49. The van der Waals surface area contributed by atoms with Gasteiger partial charge in [0.15, 0.2) is 23.1 Å². The van der Waals surface area contributed by atoms with Crippen molar-refractivity contribution in [2.45, 2.75) is 83.6 Å². The summed E-state index contributed by atoms with van der Waals surface area (Å²) in [6, 6.07) is 4.06. The number of rotatable bonds is 8. The summed E-state index contributed by atoms with van der Waals surface area (Å²) in [4.78, 5) is 35.2. The van der Waals surface area contributed by atoms with Crippen LogP contribution in [0.4, 0.5) is 19.3 Å². The average Bonchev–Trinajstić information content (AvgIpc) is 3.39. The maximum atomic E-state index is 15.8. The van der Waals surface area contributed by atoms with Crippen LogP contribution in [0.1, 0.15) is 44.7 Å². The number of pyridine rings is 1. The monoisotopic (exact) mass is 658 g/mol. The standard InChI is InChI=1S/C33H44F2N4O6Si/c1-32(2,3)45-31(41)37-13-10-33(11-14-37)25-21(18-36-29-22(25)9-12-38(29)20-44-15-16-46(6,7)8)19-39(30(33)40)28-26(34)23(42-4)17-24(43-5)27(28)35/h9,12,17-18H,10-11,13-16,19-20H2,1-8H3. The third kappa shape index (κ3) is 6.31. The number of fused-ring (bicyclic) bond motifs is 4. The number of benzene rings is 1. The second-order valence-electron chi connectivity index (χ2n) is 14.2. The SMILES string of the molecule is COc1cc(OC)c(F)c(N2Cc3cnc4c(ccn4COCC[Si](C)(C)C)c3C3(CCN(C(=O)OC(C)(C)C)CC3)C2=O)c1F. The molecular weight excluding hydrogens is 614 g/mol. The van der Waals surface area contributed by atoms with Crippen molar-refractivity contribution < 1.29 is 37.3 Å². The van der Waals surface area contributed by atoms with Crippen LogP contribution in [0.5, 0.6) is 11.5 Å². The van der Waals surface area contributed by atoms with E-state index in [1.807, 2.05) is 16.8 Å². The van der Waals surface area contributed by atoms with Gasteiger partial charge in [0.25, 0.3) is 0 Å². The Labute approximate surface area is 269 Å². The Morgan fingerprint density at radius 1 is 1.07 bits per heavy atom. The smallest absolute Gasteiger partial charge is 0.410 e. The van der Waals surface area contributed by atoms with Crippen molar-refractivity contribution in [3.05, 3.63) is 47.3 Å². The van der Waals surface area contributed by atoms with Gasteiger partial charge in [0.05, 0.1) is 26.2 Å². The third-order valence-electron chi connectivity index (χ3n) is 8.64. The number of ether oxygens (including phenoxy) is 4. The van der Waals surface area contributed by atoms with Crippen LogP contribution in [0.15, 0.2) is 24.5 Å². The lowest BCUT2D eigenvalue weighted by Crippen LogP contribution is -2.57. The van der Waals surface area contributed by atoms with Gasteiger partial charge in [0, 0.05) is 51.6 Å². The number of nitrogens with zero attached hydrogens (tertiary/aromatic N) is 4. The summed E-state index contributed by atoms with van der Waals surface area (Å²) < 4.78 is 55.5. The van der Waals surface area contributed by atoms with E-state index in [0.29, 0.717) is 24.5 Å². The molecule has 13 heteroatoms. The predicted octanol–water partition coefficient (Wildman–Crippen LogP) is 6.46. The van der Waals surface area contributed by atoms with Gasteiger partial charge in [-0.3, -0.25) is 4.79 Å². The van der Waals surface area contributed by atoms with Gasteiger partial charge in [-0.2, -0.15) is 0 Å². The molecule has 2 amide bonds. The van der Waals surface area contributed by atoms with Crippen LogP contribution in [0.25, 0.3) is 11.0 Å². The van der Waals surface area contributed by atoms with Crippen molar-refractivity contribution in [3.8, 4) is 11.5 Å². The van der Waals surface area contributed by atoms with Gasteiger partial charge in [0.2, 0.25) is 5.91 Å². The van der Waals surface area contributed by atoms with Crippen molar-refractivity contribution in [1.82, 2.24) is 14.5 Å². The molecule has 0 aliphatic carbocycles. The fourth-order valence-corrected chi connectivity index (χ4v) is 7.03. The molecule has 5 rings (SSSR count). The number of aromatic nitrogens is 2. The molecule has 4 heterocycles. The zero-order valence-corrected chi connectivity index (χ0v) is 29.0. The minimum absolute atomic E-state index is 0.114. The molecule has 250 valence electrons. The molecule has 1 spiro atoms. The molecule has 0 bridgehead atoms. The van der Waals surface area contributed by atoms with Gasteiger partial charge < -0.3 is 33.3 Å². The van der Waals surface area contributed by atoms with Gasteiger partial charge in [-0.25, -0.2) is 18.6 Å². The molecule has 2 aliphatic heterocycles. The molecule has 0 radical (unpaired) electrons. The number of piperidine rings is 1. The first-order chi connectivity index (χ1) is 21.6. The van der Waals surface area contributed by atoms with Gasteiger partial charge in [-0.05, 0) is 56.9 Å². The number of carbonyl (C=O) groups is 2. The summed E-state index contributed by atoms with van der Waals surface area (Å²) in [6.45, 7) is 13.5. The summed E-state index contributed by atoms with van der Waals surface area (Å²) in [5.41, 5.74) is -0.353. The van der Waals surface area contributed by atoms with Crippen LogP contribution < -0.4 is 14.4 Å². The lowest BCUT2D eigenvalue weighted by atomic mass is 9.67. The van der Waals surface area contributed by atoms with Gasteiger partial charge in [-0.1, -0.05) is 19.6 Å². The lowest BCUT2D eigenvalue weighted by Gasteiger charge is -2.47. The van der Waals surface area contributed by atoms with E-state index in [0.717, 1.165) is 28.0 Å². The van der Waals surface area contributed by atoms with Crippen molar-refractivity contribution in [1.29, 1.82) is 0 Å². The van der Waals surface area contributed by atoms with E-state index in [1.54, 1.807) is 31.9 Å². The quantitative estimate of drug-likeness (QED) is 0.203. The van der Waals surface area contributed by atoms with Crippen LogP contribution in [0.2, 0.25) is 25.7 Å². The number of methoxy groups -OCH3 is 2. The van der Waals surface area contributed by atoms with Gasteiger partial charge in [-0.15, -0.1) is 0 Å². The van der Waals surface area contributed by atoms with Crippen LogP contribution in [0, 0.1) is 11.6 Å². The number of halogens is 2. The first-order valence-corrected chi connectivity index (χ1v) is 19.3. The Morgan fingerprint density at radius 3 is 2.26 bits per heavy atom. The van der Waals surface area contributed by atoms with E-state index in [-0.39, 0.29) is 44.0 Å². The Hall–Kier alpha value is -3.71. The molecule has 0 saturated carbocycles. The van der Waals surface area contributed by atoms with Crippen molar-refractivity contribution in [2.75, 3.05) is 38.8 Å². The van der Waals surface area contributed by atoms with Crippen LogP contribution in [0.3, 0.4) is 0 Å². The summed E-state index contributed by atoms with van der Waals surface area (Å²) >= 11 is 0. The molecule has 1 saturated heterocycles. The van der Waals surface area contributed by atoms with Gasteiger partial charge in [0.1, 0.15) is 23.7 Å². The van der Waals surface area contributed by atoms with Crippen molar-refractivity contribution >= 4 is 36.8 Å². The second-order valence-corrected chi connectivity index (χ2v) is 19.8. The lowest BCUT2D eigenvalue weighted by molar-refractivity contribution is -0.126. The highest BCUT2D eigenvalue weighted by molar-refractivity contribution is 6.76. The molecule has 1 aromatic carbocycles. The molecule has 46 heavy (non-hydrogen) atoms. The molecular formula is C33H44F2N4O6Si. The van der Waals surface area contributed by atoms with Crippen molar-refractivity contribution in [3.63, 3.8) is 0 Å². The normalized spacial score (nSPS) is 16.6. The second kappa shape index (κ2) is 12.5. The number of amides is 2. The molecule has 10 nitrogen and oxygen atoms in total. The summed E-state index contributed by atoms with van der Waals surface area (Å²) in [5, 5.41) is 0.772. The summed E-state index contributed by atoms with van der Waals surface area (Å²) in [7, 11) is 1.26. The summed E-state index contributed by atoms with van der Waals surface area (Å²) in [6.07, 6.45) is 3.52. The maximum absolute atomic E-state index is 15.8. The molecule has 0 unspecified atom stereocenters. The molecule has 1 fully saturated rings. The van der Waals surface area contributed by atoms with E-state index in [2.05, 4.69) is 19.6 Å². The zero-order chi connectivity index (χ0) is 33.6. The largest absolute Gasteiger partial charge is 0.493 e. The van der Waals surface area contributed by atoms with Crippen molar-refractivity contribution in [2.24, 2.45) is 0 Å². The first kappa shape index (κ1) is 33.6. The van der Waals surface area contributed by atoms with E-state index >= 15 is 8.78 Å². The number of carbonyl (C=O) groups excluding carboxylic acids is 2. The van der Waals surface area contributed by atoms with Crippen LogP contribution in [-0.2, 0) is 33.0 Å².